The number of aromatic nitrogens is 1. The highest BCUT2D eigenvalue weighted by molar-refractivity contribution is 6.31. The van der Waals surface area contributed by atoms with Crippen LogP contribution in [0.1, 0.15) is 25.0 Å². The fourth-order valence-electron chi connectivity index (χ4n) is 2.74. The normalized spacial score (nSPS) is 11.6. The third-order valence-corrected chi connectivity index (χ3v) is 4.42. The Balaban J connectivity index is 1.83. The minimum absolute atomic E-state index is 0.00259. The first-order valence-electron chi connectivity index (χ1n) is 7.58. The predicted octanol–water partition coefficient (Wildman–Crippen LogP) is 4.42. The minimum Gasteiger partial charge on any atom is -0.361 e. The molecule has 1 heterocycles. The fourth-order valence-corrected chi connectivity index (χ4v) is 2.91. The van der Waals surface area contributed by atoms with Crippen LogP contribution in [0, 0.1) is 0 Å². The van der Waals surface area contributed by atoms with Gasteiger partial charge in [0.25, 0.3) is 0 Å². The monoisotopic (exact) mass is 326 g/mol. The summed E-state index contributed by atoms with van der Waals surface area (Å²) in [5, 5.41) is 4.73. The molecule has 2 aromatic carbocycles. The van der Waals surface area contributed by atoms with Gasteiger partial charge in [-0.1, -0.05) is 48.0 Å². The van der Waals surface area contributed by atoms with E-state index in [1.54, 1.807) is 0 Å². The molecule has 4 heteroatoms. The van der Waals surface area contributed by atoms with Crippen LogP contribution in [0.15, 0.2) is 54.7 Å². The molecule has 0 atom stereocenters. The second kappa shape index (κ2) is 6.09. The summed E-state index contributed by atoms with van der Waals surface area (Å²) >= 11 is 6.02. The maximum atomic E-state index is 12.7. The molecule has 0 aliphatic rings. The number of carbonyl (C=O) groups is 1. The number of halogens is 1. The van der Waals surface area contributed by atoms with Gasteiger partial charge in [-0.25, -0.2) is 0 Å². The van der Waals surface area contributed by atoms with E-state index in [9.17, 15) is 4.79 Å². The quantitative estimate of drug-likeness (QED) is 0.732. The molecular weight excluding hydrogens is 308 g/mol. The molecule has 2 N–H and O–H groups in total. The topological polar surface area (TPSA) is 44.9 Å². The van der Waals surface area contributed by atoms with Crippen molar-refractivity contribution >= 4 is 28.4 Å². The van der Waals surface area contributed by atoms with Crippen LogP contribution in [0.4, 0.5) is 0 Å². The SMILES string of the molecule is CC(C)(C(=O)NCc1ccccc1)c1c[nH]c2cc(Cl)ccc12. The highest BCUT2D eigenvalue weighted by Crippen LogP contribution is 2.32. The molecule has 3 nitrogen and oxygen atoms in total. The van der Waals surface area contributed by atoms with E-state index in [2.05, 4.69) is 10.3 Å². The van der Waals surface area contributed by atoms with Gasteiger partial charge in [-0.3, -0.25) is 4.79 Å². The molecular formula is C19H19ClN2O. The standard InChI is InChI=1S/C19H19ClN2O/c1-19(2,18(23)22-11-13-6-4-3-5-7-13)16-12-21-17-10-14(20)8-9-15(16)17/h3-10,12,21H,11H2,1-2H3,(H,22,23). The summed E-state index contributed by atoms with van der Waals surface area (Å²) in [7, 11) is 0. The summed E-state index contributed by atoms with van der Waals surface area (Å²) < 4.78 is 0. The molecule has 23 heavy (non-hydrogen) atoms. The van der Waals surface area contributed by atoms with Crippen LogP contribution < -0.4 is 5.32 Å². The van der Waals surface area contributed by atoms with Crippen molar-refractivity contribution in [1.29, 1.82) is 0 Å². The number of carbonyl (C=O) groups excluding carboxylic acids is 1. The Bertz CT molecular complexity index is 837. The van der Waals surface area contributed by atoms with Crippen molar-refractivity contribution in [1.82, 2.24) is 10.3 Å². The molecule has 1 aromatic heterocycles. The summed E-state index contributed by atoms with van der Waals surface area (Å²) in [6, 6.07) is 15.6. The van der Waals surface area contributed by atoms with E-state index in [0.29, 0.717) is 11.6 Å². The summed E-state index contributed by atoms with van der Waals surface area (Å²) in [5.74, 6) is -0.00259. The van der Waals surface area contributed by atoms with E-state index in [4.69, 9.17) is 11.6 Å². The molecule has 0 unspecified atom stereocenters. The number of hydrogen-bond acceptors (Lipinski definition) is 1. The molecule has 1 amide bonds. The van der Waals surface area contributed by atoms with E-state index in [1.807, 2.05) is 68.6 Å². The van der Waals surface area contributed by atoms with Gasteiger partial charge in [0.2, 0.25) is 5.91 Å². The highest BCUT2D eigenvalue weighted by Gasteiger charge is 2.32. The molecule has 0 spiro atoms. The Morgan fingerprint density at radius 1 is 1.17 bits per heavy atom. The number of aromatic amines is 1. The number of rotatable bonds is 4. The lowest BCUT2D eigenvalue weighted by Crippen LogP contribution is -2.39. The average Bonchev–Trinajstić information content (AvgIpc) is 2.97. The van der Waals surface area contributed by atoms with Crippen molar-refractivity contribution in [3.05, 3.63) is 70.9 Å². The summed E-state index contributed by atoms with van der Waals surface area (Å²) in [4.78, 5) is 15.9. The first kappa shape index (κ1) is 15.6. The number of hydrogen-bond donors (Lipinski definition) is 2. The van der Waals surface area contributed by atoms with Gasteiger partial charge in [-0.15, -0.1) is 0 Å². The van der Waals surface area contributed by atoms with Crippen molar-refractivity contribution in [2.24, 2.45) is 0 Å². The van der Waals surface area contributed by atoms with E-state index in [0.717, 1.165) is 22.0 Å². The second-order valence-corrected chi connectivity index (χ2v) is 6.62. The lowest BCUT2D eigenvalue weighted by atomic mass is 9.83. The molecule has 0 aliphatic carbocycles. The minimum atomic E-state index is -0.638. The highest BCUT2D eigenvalue weighted by atomic mass is 35.5. The Labute approximate surface area is 140 Å². The van der Waals surface area contributed by atoms with Gasteiger partial charge in [0.15, 0.2) is 0 Å². The Morgan fingerprint density at radius 2 is 1.91 bits per heavy atom. The van der Waals surface area contributed by atoms with Crippen LogP contribution in [0.3, 0.4) is 0 Å². The molecule has 3 aromatic rings. The second-order valence-electron chi connectivity index (χ2n) is 6.19. The zero-order chi connectivity index (χ0) is 16.4. The molecule has 0 aliphatic heterocycles. The summed E-state index contributed by atoms with van der Waals surface area (Å²) in [6.45, 7) is 4.40. The van der Waals surface area contributed by atoms with Crippen molar-refractivity contribution in [3.63, 3.8) is 0 Å². The Morgan fingerprint density at radius 3 is 2.65 bits per heavy atom. The van der Waals surface area contributed by atoms with E-state index >= 15 is 0 Å². The van der Waals surface area contributed by atoms with E-state index < -0.39 is 5.41 Å². The first-order valence-corrected chi connectivity index (χ1v) is 7.95. The Hall–Kier alpha value is -2.26. The van der Waals surface area contributed by atoms with Gasteiger partial charge >= 0.3 is 0 Å². The van der Waals surface area contributed by atoms with Crippen molar-refractivity contribution in [2.75, 3.05) is 0 Å². The number of amides is 1. The zero-order valence-electron chi connectivity index (χ0n) is 13.2. The number of benzene rings is 2. The van der Waals surface area contributed by atoms with Gasteiger partial charge in [0.1, 0.15) is 0 Å². The summed E-state index contributed by atoms with van der Waals surface area (Å²) in [5.41, 5.74) is 2.36. The lowest BCUT2D eigenvalue weighted by molar-refractivity contribution is -0.125. The van der Waals surface area contributed by atoms with Crippen molar-refractivity contribution < 1.29 is 4.79 Å². The molecule has 0 saturated carbocycles. The third kappa shape index (κ3) is 3.10. The van der Waals surface area contributed by atoms with Gasteiger partial charge in [0.05, 0.1) is 5.41 Å². The van der Waals surface area contributed by atoms with E-state index in [1.165, 1.54) is 0 Å². The predicted molar refractivity (Wildman–Crippen MR) is 94.6 cm³/mol. The van der Waals surface area contributed by atoms with Crippen LogP contribution in [-0.2, 0) is 16.8 Å². The molecule has 0 bridgehead atoms. The number of H-pyrrole nitrogens is 1. The molecule has 0 fully saturated rings. The van der Waals surface area contributed by atoms with Crippen LogP contribution in [-0.4, -0.2) is 10.9 Å². The first-order chi connectivity index (χ1) is 11.0. The average molecular weight is 327 g/mol. The van der Waals surface area contributed by atoms with Gasteiger partial charge in [0, 0.05) is 28.7 Å². The van der Waals surface area contributed by atoms with Crippen molar-refractivity contribution in [3.8, 4) is 0 Å². The molecule has 0 saturated heterocycles. The van der Waals surface area contributed by atoms with Gasteiger partial charge < -0.3 is 10.3 Å². The number of fused-ring (bicyclic) bond motifs is 1. The molecule has 3 rings (SSSR count). The molecule has 118 valence electrons. The lowest BCUT2D eigenvalue weighted by Gasteiger charge is -2.23. The molecule has 0 radical (unpaired) electrons. The zero-order valence-corrected chi connectivity index (χ0v) is 13.9. The smallest absolute Gasteiger partial charge is 0.230 e. The maximum absolute atomic E-state index is 12.7. The van der Waals surface area contributed by atoms with Gasteiger partial charge in [-0.05, 0) is 37.1 Å². The number of nitrogens with one attached hydrogen (secondary N) is 2. The van der Waals surface area contributed by atoms with E-state index in [-0.39, 0.29) is 5.91 Å². The summed E-state index contributed by atoms with van der Waals surface area (Å²) in [6.07, 6.45) is 1.89. The Kier molecular flexibility index (Phi) is 4.14. The van der Waals surface area contributed by atoms with Crippen molar-refractivity contribution in [2.45, 2.75) is 25.8 Å². The van der Waals surface area contributed by atoms with Gasteiger partial charge in [-0.2, -0.15) is 0 Å². The van der Waals surface area contributed by atoms with Crippen LogP contribution in [0.25, 0.3) is 10.9 Å². The third-order valence-electron chi connectivity index (χ3n) is 4.18. The van der Waals surface area contributed by atoms with Crippen LogP contribution >= 0.6 is 11.6 Å². The van der Waals surface area contributed by atoms with Crippen LogP contribution in [0.2, 0.25) is 5.02 Å². The largest absolute Gasteiger partial charge is 0.361 e. The van der Waals surface area contributed by atoms with Crippen LogP contribution in [0.5, 0.6) is 0 Å². The maximum Gasteiger partial charge on any atom is 0.230 e. The fraction of sp³-hybridized carbons (Fsp3) is 0.211.